The fraction of sp³-hybridized carbons (Fsp3) is 0.846. The summed E-state index contributed by atoms with van der Waals surface area (Å²) in [6, 6.07) is 0.0922. The van der Waals surface area contributed by atoms with Gasteiger partial charge in [-0.3, -0.25) is 9.59 Å². The third kappa shape index (κ3) is 2.66. The smallest absolute Gasteiger partial charge is 0.247 e. The summed E-state index contributed by atoms with van der Waals surface area (Å²) < 4.78 is 0. The van der Waals surface area contributed by atoms with Crippen LogP contribution in [0.4, 0.5) is 0 Å². The van der Waals surface area contributed by atoms with Gasteiger partial charge in [-0.25, -0.2) is 0 Å². The van der Waals surface area contributed by atoms with Crippen LogP contribution in [0.15, 0.2) is 0 Å². The van der Waals surface area contributed by atoms with E-state index in [1.54, 1.807) is 13.8 Å². The molecule has 0 aromatic carbocycles. The predicted molar refractivity (Wildman–Crippen MR) is 68.7 cm³/mol. The van der Waals surface area contributed by atoms with E-state index in [1.807, 2.05) is 4.90 Å². The Bertz CT molecular complexity index is 363. The molecule has 0 unspecified atom stereocenters. The molecule has 2 fully saturated rings. The highest BCUT2D eigenvalue weighted by Crippen LogP contribution is 2.41. The van der Waals surface area contributed by atoms with Crippen molar-refractivity contribution in [2.24, 2.45) is 17.6 Å². The monoisotopic (exact) mass is 253 g/mol. The molecule has 1 saturated heterocycles. The molecule has 1 aliphatic carbocycles. The average Bonchev–Trinajstić information content (AvgIpc) is 2.99. The van der Waals surface area contributed by atoms with Gasteiger partial charge in [-0.2, -0.15) is 0 Å². The Balaban J connectivity index is 1.99. The standard InChI is InChI=1S/C13H23N3O2/c1-8(17)15-13(2,3)12(18)16-6-10(9-4-5-9)11(14)7-16/h9-11H,4-7,14H2,1-3H3,(H,15,17)/t10-,11+/m0/s1. The number of rotatable bonds is 3. The number of carbonyl (C=O) groups excluding carboxylic acids is 2. The molecule has 3 N–H and O–H groups in total. The van der Waals surface area contributed by atoms with Gasteiger partial charge in [0.2, 0.25) is 11.8 Å². The summed E-state index contributed by atoms with van der Waals surface area (Å²) in [4.78, 5) is 25.3. The van der Waals surface area contributed by atoms with Crippen LogP contribution >= 0.6 is 0 Å². The number of hydrogen-bond acceptors (Lipinski definition) is 3. The normalized spacial score (nSPS) is 28.3. The van der Waals surface area contributed by atoms with Gasteiger partial charge < -0.3 is 16.0 Å². The highest BCUT2D eigenvalue weighted by Gasteiger charge is 2.44. The SMILES string of the molecule is CC(=O)NC(C)(C)C(=O)N1C[C@@H](N)[C@H](C2CC2)C1. The summed E-state index contributed by atoms with van der Waals surface area (Å²) >= 11 is 0. The molecule has 18 heavy (non-hydrogen) atoms. The second-order valence-electron chi connectivity index (χ2n) is 6.18. The number of nitrogens with two attached hydrogens (primary N) is 1. The molecule has 2 aliphatic rings. The highest BCUT2D eigenvalue weighted by atomic mass is 16.2. The van der Waals surface area contributed by atoms with Crippen molar-refractivity contribution in [3.05, 3.63) is 0 Å². The number of hydrogen-bond donors (Lipinski definition) is 2. The molecule has 0 radical (unpaired) electrons. The topological polar surface area (TPSA) is 75.4 Å². The molecule has 102 valence electrons. The van der Waals surface area contributed by atoms with Crippen molar-refractivity contribution in [2.75, 3.05) is 13.1 Å². The minimum Gasteiger partial charge on any atom is -0.342 e. The zero-order chi connectivity index (χ0) is 13.5. The molecule has 2 amide bonds. The van der Waals surface area contributed by atoms with Crippen LogP contribution in [0.2, 0.25) is 0 Å². The first-order valence-electron chi connectivity index (χ1n) is 6.65. The second-order valence-corrected chi connectivity index (χ2v) is 6.18. The number of nitrogens with zero attached hydrogens (tertiary/aromatic N) is 1. The third-order valence-corrected chi connectivity index (χ3v) is 3.95. The van der Waals surface area contributed by atoms with Crippen LogP contribution in [-0.2, 0) is 9.59 Å². The van der Waals surface area contributed by atoms with E-state index in [1.165, 1.54) is 19.8 Å². The maximum absolute atomic E-state index is 12.4. The molecule has 1 aliphatic heterocycles. The first kappa shape index (κ1) is 13.3. The van der Waals surface area contributed by atoms with Gasteiger partial charge in [0, 0.05) is 26.1 Å². The zero-order valence-corrected chi connectivity index (χ0v) is 11.4. The number of likely N-dealkylation sites (tertiary alicyclic amines) is 1. The lowest BCUT2D eigenvalue weighted by molar-refractivity contribution is -0.139. The molecule has 1 saturated carbocycles. The third-order valence-electron chi connectivity index (χ3n) is 3.95. The number of amides is 2. The summed E-state index contributed by atoms with van der Waals surface area (Å²) in [5, 5.41) is 2.70. The van der Waals surface area contributed by atoms with Gasteiger partial charge in [0.1, 0.15) is 5.54 Å². The van der Waals surface area contributed by atoms with E-state index < -0.39 is 5.54 Å². The van der Waals surface area contributed by atoms with E-state index in [0.29, 0.717) is 18.4 Å². The lowest BCUT2D eigenvalue weighted by Crippen LogP contribution is -2.55. The first-order chi connectivity index (χ1) is 8.31. The van der Waals surface area contributed by atoms with E-state index in [4.69, 9.17) is 5.73 Å². The van der Waals surface area contributed by atoms with Crippen molar-refractivity contribution < 1.29 is 9.59 Å². The van der Waals surface area contributed by atoms with Crippen LogP contribution in [0.3, 0.4) is 0 Å². The molecular weight excluding hydrogens is 230 g/mol. The Kier molecular flexibility index (Phi) is 3.36. The minimum absolute atomic E-state index is 0.0312. The van der Waals surface area contributed by atoms with Crippen molar-refractivity contribution in [3.8, 4) is 0 Å². The molecule has 0 aromatic rings. The Morgan fingerprint density at radius 2 is 1.89 bits per heavy atom. The number of nitrogens with one attached hydrogen (secondary N) is 1. The molecule has 0 aromatic heterocycles. The van der Waals surface area contributed by atoms with E-state index in [0.717, 1.165) is 6.54 Å². The largest absolute Gasteiger partial charge is 0.342 e. The molecule has 0 bridgehead atoms. The van der Waals surface area contributed by atoms with Crippen LogP contribution in [0.25, 0.3) is 0 Å². The van der Waals surface area contributed by atoms with E-state index >= 15 is 0 Å². The van der Waals surface area contributed by atoms with Crippen molar-refractivity contribution in [1.82, 2.24) is 10.2 Å². The molecule has 2 atom stereocenters. The summed E-state index contributed by atoms with van der Waals surface area (Å²) in [6.45, 7) is 6.27. The molecule has 5 heteroatoms. The molecule has 2 rings (SSSR count). The van der Waals surface area contributed by atoms with Gasteiger partial charge in [0.05, 0.1) is 0 Å². The van der Waals surface area contributed by atoms with Crippen molar-refractivity contribution in [1.29, 1.82) is 0 Å². The molecule has 5 nitrogen and oxygen atoms in total. The maximum Gasteiger partial charge on any atom is 0.247 e. The molecule has 0 spiro atoms. The van der Waals surface area contributed by atoms with Crippen LogP contribution in [-0.4, -0.2) is 41.4 Å². The fourth-order valence-electron chi connectivity index (χ4n) is 2.93. The molecular formula is C13H23N3O2. The summed E-state index contributed by atoms with van der Waals surface area (Å²) in [7, 11) is 0. The summed E-state index contributed by atoms with van der Waals surface area (Å²) in [6.07, 6.45) is 2.49. The summed E-state index contributed by atoms with van der Waals surface area (Å²) in [5.74, 6) is 0.940. The van der Waals surface area contributed by atoms with Crippen LogP contribution < -0.4 is 11.1 Å². The Morgan fingerprint density at radius 1 is 1.28 bits per heavy atom. The average molecular weight is 253 g/mol. The highest BCUT2D eigenvalue weighted by molar-refractivity contribution is 5.90. The first-order valence-corrected chi connectivity index (χ1v) is 6.65. The second kappa shape index (κ2) is 4.53. The van der Waals surface area contributed by atoms with Gasteiger partial charge in [-0.1, -0.05) is 0 Å². The van der Waals surface area contributed by atoms with E-state index in [2.05, 4.69) is 5.32 Å². The predicted octanol–water partition coefficient (Wildman–Crippen LogP) is 0.0968. The van der Waals surface area contributed by atoms with Gasteiger partial charge in [-0.05, 0) is 38.5 Å². The fourth-order valence-corrected chi connectivity index (χ4v) is 2.93. The zero-order valence-electron chi connectivity index (χ0n) is 11.4. The van der Waals surface area contributed by atoms with Crippen molar-refractivity contribution >= 4 is 11.8 Å². The van der Waals surface area contributed by atoms with Crippen molar-refractivity contribution in [3.63, 3.8) is 0 Å². The summed E-state index contributed by atoms with van der Waals surface area (Å²) in [5.41, 5.74) is 5.27. The van der Waals surface area contributed by atoms with E-state index in [-0.39, 0.29) is 17.9 Å². The van der Waals surface area contributed by atoms with Crippen LogP contribution in [0.1, 0.15) is 33.6 Å². The van der Waals surface area contributed by atoms with Crippen LogP contribution in [0, 0.1) is 11.8 Å². The quantitative estimate of drug-likeness (QED) is 0.749. The van der Waals surface area contributed by atoms with Gasteiger partial charge in [0.25, 0.3) is 0 Å². The molecule has 1 heterocycles. The minimum atomic E-state index is -0.843. The van der Waals surface area contributed by atoms with Gasteiger partial charge in [0.15, 0.2) is 0 Å². The van der Waals surface area contributed by atoms with Gasteiger partial charge >= 0.3 is 0 Å². The Hall–Kier alpha value is -1.10. The number of carbonyl (C=O) groups is 2. The lowest BCUT2D eigenvalue weighted by atomic mass is 9.99. The van der Waals surface area contributed by atoms with Crippen molar-refractivity contribution in [2.45, 2.75) is 45.2 Å². The maximum atomic E-state index is 12.4. The van der Waals surface area contributed by atoms with Gasteiger partial charge in [-0.15, -0.1) is 0 Å². The Labute approximate surface area is 108 Å². The lowest BCUT2D eigenvalue weighted by Gasteiger charge is -2.29. The van der Waals surface area contributed by atoms with Crippen LogP contribution in [0.5, 0.6) is 0 Å². The Morgan fingerprint density at radius 3 is 2.39 bits per heavy atom. The van der Waals surface area contributed by atoms with E-state index in [9.17, 15) is 9.59 Å².